The highest BCUT2D eigenvalue weighted by molar-refractivity contribution is 5.77. The quantitative estimate of drug-likeness (QED) is 0.856. The molecule has 3 heterocycles. The highest BCUT2D eigenvalue weighted by Gasteiger charge is 2.30. The minimum atomic E-state index is -0.812. The Morgan fingerprint density at radius 3 is 2.68 bits per heavy atom. The standard InChI is InChI=1S/C17H27N5O3/c1-12-9-15(20(2)19-12)21-7-4-6-14(11-21)18-17(25)22-8-3-5-13(10-22)16(23)24/h9,13-14H,3-8,10-11H2,1-2H3,(H,18,25)(H,23,24). The van der Waals surface area contributed by atoms with E-state index < -0.39 is 11.9 Å². The lowest BCUT2D eigenvalue weighted by Crippen LogP contribution is -2.54. The largest absolute Gasteiger partial charge is 0.481 e. The predicted octanol–water partition coefficient (Wildman–Crippen LogP) is 1.20. The molecule has 0 aromatic carbocycles. The van der Waals surface area contributed by atoms with Gasteiger partial charge in [0.25, 0.3) is 0 Å². The van der Waals surface area contributed by atoms with Crippen LogP contribution < -0.4 is 10.2 Å². The summed E-state index contributed by atoms with van der Waals surface area (Å²) < 4.78 is 1.88. The Labute approximate surface area is 147 Å². The van der Waals surface area contributed by atoms with Gasteiger partial charge in [0.2, 0.25) is 0 Å². The Balaban J connectivity index is 1.58. The normalized spacial score (nSPS) is 24.2. The molecule has 0 bridgehead atoms. The zero-order chi connectivity index (χ0) is 18.0. The van der Waals surface area contributed by atoms with E-state index in [-0.39, 0.29) is 12.1 Å². The smallest absolute Gasteiger partial charge is 0.317 e. The third kappa shape index (κ3) is 4.05. The topological polar surface area (TPSA) is 90.7 Å². The number of carbonyl (C=O) groups is 2. The maximum atomic E-state index is 12.5. The monoisotopic (exact) mass is 349 g/mol. The summed E-state index contributed by atoms with van der Waals surface area (Å²) in [7, 11) is 1.93. The van der Waals surface area contributed by atoms with Crippen LogP contribution in [0.15, 0.2) is 6.07 Å². The second kappa shape index (κ2) is 7.33. The Morgan fingerprint density at radius 1 is 1.24 bits per heavy atom. The van der Waals surface area contributed by atoms with Gasteiger partial charge >= 0.3 is 12.0 Å². The van der Waals surface area contributed by atoms with Gasteiger partial charge in [0.15, 0.2) is 0 Å². The van der Waals surface area contributed by atoms with Crippen molar-refractivity contribution in [2.45, 2.75) is 38.6 Å². The van der Waals surface area contributed by atoms with Gasteiger partial charge in [0.05, 0.1) is 11.6 Å². The van der Waals surface area contributed by atoms with Crippen molar-refractivity contribution in [3.05, 3.63) is 11.8 Å². The first-order valence-corrected chi connectivity index (χ1v) is 8.98. The molecule has 1 aromatic heterocycles. The Morgan fingerprint density at radius 2 is 2.00 bits per heavy atom. The van der Waals surface area contributed by atoms with Crippen molar-refractivity contribution >= 4 is 17.8 Å². The predicted molar refractivity (Wildman–Crippen MR) is 93.6 cm³/mol. The number of aliphatic carboxylic acids is 1. The van der Waals surface area contributed by atoms with Crippen LogP contribution in [0.4, 0.5) is 10.6 Å². The van der Waals surface area contributed by atoms with E-state index in [1.807, 2.05) is 18.7 Å². The maximum Gasteiger partial charge on any atom is 0.317 e. The van der Waals surface area contributed by atoms with E-state index >= 15 is 0 Å². The minimum Gasteiger partial charge on any atom is -0.481 e. The van der Waals surface area contributed by atoms with Crippen LogP contribution in [0, 0.1) is 12.8 Å². The number of nitrogens with one attached hydrogen (secondary N) is 1. The van der Waals surface area contributed by atoms with Crippen LogP contribution in [0.3, 0.4) is 0 Å². The highest BCUT2D eigenvalue weighted by atomic mass is 16.4. The summed E-state index contributed by atoms with van der Waals surface area (Å²) in [5.74, 6) is -0.187. The minimum absolute atomic E-state index is 0.0710. The van der Waals surface area contributed by atoms with Crippen molar-refractivity contribution in [1.29, 1.82) is 0 Å². The van der Waals surface area contributed by atoms with Gasteiger partial charge in [-0.3, -0.25) is 9.48 Å². The summed E-state index contributed by atoms with van der Waals surface area (Å²) in [6.07, 6.45) is 3.34. The lowest BCUT2D eigenvalue weighted by molar-refractivity contribution is -0.143. The number of nitrogens with zero attached hydrogens (tertiary/aromatic N) is 4. The average Bonchev–Trinajstić information content (AvgIpc) is 2.93. The third-order valence-corrected chi connectivity index (χ3v) is 5.11. The van der Waals surface area contributed by atoms with Crippen molar-refractivity contribution in [1.82, 2.24) is 20.0 Å². The molecule has 3 rings (SSSR count). The molecule has 0 aliphatic carbocycles. The van der Waals surface area contributed by atoms with Crippen LogP contribution in [0.5, 0.6) is 0 Å². The van der Waals surface area contributed by atoms with E-state index in [0.29, 0.717) is 19.5 Å². The van der Waals surface area contributed by atoms with Crippen LogP contribution in [-0.2, 0) is 11.8 Å². The Kier molecular flexibility index (Phi) is 5.15. The van der Waals surface area contributed by atoms with Gasteiger partial charge in [0.1, 0.15) is 5.82 Å². The number of amides is 2. The molecule has 2 saturated heterocycles. The van der Waals surface area contributed by atoms with Crippen molar-refractivity contribution < 1.29 is 14.7 Å². The van der Waals surface area contributed by atoms with Gasteiger partial charge in [-0.15, -0.1) is 0 Å². The van der Waals surface area contributed by atoms with Crippen LogP contribution in [-0.4, -0.2) is 64.0 Å². The first-order valence-electron chi connectivity index (χ1n) is 8.98. The molecule has 25 heavy (non-hydrogen) atoms. The summed E-state index contributed by atoms with van der Waals surface area (Å²) in [6, 6.07) is 1.99. The molecule has 2 amide bonds. The lowest BCUT2D eigenvalue weighted by Gasteiger charge is -2.37. The molecule has 2 atom stereocenters. The number of piperidine rings is 2. The highest BCUT2D eigenvalue weighted by Crippen LogP contribution is 2.21. The molecular formula is C17H27N5O3. The summed E-state index contributed by atoms with van der Waals surface area (Å²) in [5, 5.41) is 16.7. The molecule has 8 heteroatoms. The summed E-state index contributed by atoms with van der Waals surface area (Å²) in [5.41, 5.74) is 0.983. The molecule has 1 aromatic rings. The second-order valence-corrected chi connectivity index (χ2v) is 7.13. The van der Waals surface area contributed by atoms with E-state index in [9.17, 15) is 14.7 Å². The third-order valence-electron chi connectivity index (χ3n) is 5.11. The van der Waals surface area contributed by atoms with Gasteiger partial charge in [-0.1, -0.05) is 0 Å². The van der Waals surface area contributed by atoms with Gasteiger partial charge < -0.3 is 20.2 Å². The van der Waals surface area contributed by atoms with E-state index in [0.717, 1.165) is 43.9 Å². The van der Waals surface area contributed by atoms with Crippen molar-refractivity contribution in [3.8, 4) is 0 Å². The Bertz CT molecular complexity index is 644. The number of hydrogen-bond acceptors (Lipinski definition) is 4. The molecule has 0 spiro atoms. The zero-order valence-corrected chi connectivity index (χ0v) is 14.9. The van der Waals surface area contributed by atoms with Crippen LogP contribution in [0.2, 0.25) is 0 Å². The first kappa shape index (κ1) is 17.6. The molecule has 0 radical (unpaired) electrons. The number of carboxylic acid groups (broad SMARTS) is 1. The van der Waals surface area contributed by atoms with Crippen LogP contribution in [0.1, 0.15) is 31.4 Å². The summed E-state index contributed by atoms with van der Waals surface area (Å²) in [6.45, 7) is 4.62. The Hall–Kier alpha value is -2.25. The molecule has 0 saturated carbocycles. The van der Waals surface area contributed by atoms with Crippen molar-refractivity contribution in [2.75, 3.05) is 31.1 Å². The number of aryl methyl sites for hydroxylation is 2. The second-order valence-electron chi connectivity index (χ2n) is 7.13. The molecule has 2 aliphatic heterocycles. The fourth-order valence-corrected chi connectivity index (χ4v) is 3.83. The number of urea groups is 1. The number of aromatic nitrogens is 2. The van der Waals surface area contributed by atoms with E-state index in [1.54, 1.807) is 4.90 Å². The number of carboxylic acids is 1. The van der Waals surface area contributed by atoms with Crippen LogP contribution in [0.25, 0.3) is 0 Å². The number of rotatable bonds is 3. The van der Waals surface area contributed by atoms with Gasteiger partial charge in [-0.25, -0.2) is 4.79 Å². The summed E-state index contributed by atoms with van der Waals surface area (Å²) >= 11 is 0. The number of carbonyl (C=O) groups excluding carboxylic acids is 1. The lowest BCUT2D eigenvalue weighted by atomic mass is 9.98. The van der Waals surface area contributed by atoms with Gasteiger partial charge in [-0.2, -0.15) is 5.10 Å². The summed E-state index contributed by atoms with van der Waals surface area (Å²) in [4.78, 5) is 27.6. The number of likely N-dealkylation sites (tertiary alicyclic amines) is 1. The molecule has 2 N–H and O–H groups in total. The van der Waals surface area contributed by atoms with E-state index in [4.69, 9.17) is 0 Å². The van der Waals surface area contributed by atoms with E-state index in [2.05, 4.69) is 21.4 Å². The fourth-order valence-electron chi connectivity index (χ4n) is 3.83. The number of hydrogen-bond donors (Lipinski definition) is 2. The molecule has 2 fully saturated rings. The van der Waals surface area contributed by atoms with Gasteiger partial charge in [-0.05, 0) is 32.6 Å². The SMILES string of the molecule is Cc1cc(N2CCCC(NC(=O)N3CCCC(C(=O)O)C3)C2)n(C)n1. The van der Waals surface area contributed by atoms with Crippen molar-refractivity contribution in [2.24, 2.45) is 13.0 Å². The molecule has 8 nitrogen and oxygen atoms in total. The average molecular weight is 349 g/mol. The zero-order valence-electron chi connectivity index (χ0n) is 14.9. The van der Waals surface area contributed by atoms with E-state index in [1.165, 1.54) is 0 Å². The van der Waals surface area contributed by atoms with Crippen LogP contribution >= 0.6 is 0 Å². The fraction of sp³-hybridized carbons (Fsp3) is 0.706. The molecule has 138 valence electrons. The molecule has 2 aliphatic rings. The first-order chi connectivity index (χ1) is 11.9. The van der Waals surface area contributed by atoms with Gasteiger partial charge in [0, 0.05) is 45.3 Å². The molecular weight excluding hydrogens is 322 g/mol. The maximum absolute atomic E-state index is 12.5. The number of anilines is 1. The van der Waals surface area contributed by atoms with Crippen molar-refractivity contribution in [3.63, 3.8) is 0 Å². The molecule has 2 unspecified atom stereocenters.